The van der Waals surface area contributed by atoms with E-state index >= 15 is 0 Å². The molecule has 0 aliphatic heterocycles. The molecule has 0 saturated heterocycles. The zero-order valence-corrected chi connectivity index (χ0v) is 13.3. The summed E-state index contributed by atoms with van der Waals surface area (Å²) in [6.07, 6.45) is 1.28. The van der Waals surface area contributed by atoms with Gasteiger partial charge in [-0.2, -0.15) is 11.8 Å². The summed E-state index contributed by atoms with van der Waals surface area (Å²) in [5.74, 6) is -1.05. The molecule has 2 N–H and O–H groups in total. The zero-order chi connectivity index (χ0) is 15.2. The molecule has 1 amide bonds. The van der Waals surface area contributed by atoms with Gasteiger partial charge in [-0.15, -0.1) is 0 Å². The third-order valence-electron chi connectivity index (χ3n) is 2.50. The van der Waals surface area contributed by atoms with Crippen LogP contribution in [-0.4, -0.2) is 40.8 Å². The van der Waals surface area contributed by atoms with E-state index in [9.17, 15) is 14.7 Å². The van der Waals surface area contributed by atoms with Crippen LogP contribution in [0.1, 0.15) is 34.6 Å². The summed E-state index contributed by atoms with van der Waals surface area (Å²) in [6.45, 7) is 9.09. The van der Waals surface area contributed by atoms with Crippen molar-refractivity contribution in [1.29, 1.82) is 0 Å². The van der Waals surface area contributed by atoms with Crippen molar-refractivity contribution in [3.8, 4) is 0 Å². The Bertz CT molecular complexity index is 312. The predicted octanol–water partition coefficient (Wildman–Crippen LogP) is 2.60. The first-order valence-corrected chi connectivity index (χ1v) is 7.69. The largest absolute Gasteiger partial charge is 0.481 e. The zero-order valence-electron chi connectivity index (χ0n) is 12.5. The molecule has 0 aromatic heterocycles. The van der Waals surface area contributed by atoms with Crippen molar-refractivity contribution in [2.45, 2.75) is 46.3 Å². The van der Waals surface area contributed by atoms with E-state index in [0.29, 0.717) is 5.75 Å². The first-order valence-electron chi connectivity index (χ1n) is 6.29. The summed E-state index contributed by atoms with van der Waals surface area (Å²) in [7, 11) is 0. The number of ether oxygens (including phenoxy) is 1. The van der Waals surface area contributed by atoms with Crippen LogP contribution < -0.4 is 5.32 Å². The van der Waals surface area contributed by atoms with Gasteiger partial charge in [0.25, 0.3) is 0 Å². The summed E-state index contributed by atoms with van der Waals surface area (Å²) in [5, 5.41) is 11.9. The Morgan fingerprint density at radius 3 is 2.16 bits per heavy atom. The molecule has 6 heteroatoms. The Labute approximate surface area is 119 Å². The minimum absolute atomic E-state index is 0.0146. The SMILES string of the molecule is CSCC(C(=O)O)C(NC(=O)OC(C)(C)C)C(C)C. The third-order valence-corrected chi connectivity index (χ3v) is 3.19. The number of hydrogen-bond acceptors (Lipinski definition) is 4. The summed E-state index contributed by atoms with van der Waals surface area (Å²) < 4.78 is 5.18. The Balaban J connectivity index is 4.81. The van der Waals surface area contributed by atoms with Gasteiger partial charge in [0, 0.05) is 11.8 Å². The number of carboxylic acid groups (broad SMARTS) is 1. The molecule has 0 heterocycles. The van der Waals surface area contributed by atoms with E-state index in [-0.39, 0.29) is 5.92 Å². The monoisotopic (exact) mass is 291 g/mol. The van der Waals surface area contributed by atoms with Gasteiger partial charge < -0.3 is 15.2 Å². The lowest BCUT2D eigenvalue weighted by Crippen LogP contribution is -2.49. The summed E-state index contributed by atoms with van der Waals surface area (Å²) in [6, 6.07) is -0.445. The quantitative estimate of drug-likeness (QED) is 0.786. The number of nitrogens with one attached hydrogen (secondary N) is 1. The number of carboxylic acids is 1. The average molecular weight is 291 g/mol. The highest BCUT2D eigenvalue weighted by atomic mass is 32.2. The standard InChI is InChI=1S/C13H25NO4S/c1-8(2)10(9(7-19-6)11(15)16)14-12(17)18-13(3,4)5/h8-10H,7H2,1-6H3,(H,14,17)(H,15,16). The molecule has 5 nitrogen and oxygen atoms in total. The van der Waals surface area contributed by atoms with Crippen molar-refractivity contribution < 1.29 is 19.4 Å². The smallest absolute Gasteiger partial charge is 0.407 e. The summed E-state index contributed by atoms with van der Waals surface area (Å²) >= 11 is 1.45. The van der Waals surface area contributed by atoms with Crippen molar-refractivity contribution in [1.82, 2.24) is 5.32 Å². The van der Waals surface area contributed by atoms with Crippen LogP contribution in [0.4, 0.5) is 4.79 Å². The van der Waals surface area contributed by atoms with Gasteiger partial charge in [0.1, 0.15) is 5.60 Å². The Morgan fingerprint density at radius 2 is 1.84 bits per heavy atom. The second kappa shape index (κ2) is 7.62. The second-order valence-corrected chi connectivity index (χ2v) is 6.73. The molecule has 0 bridgehead atoms. The van der Waals surface area contributed by atoms with E-state index < -0.39 is 29.6 Å². The molecular formula is C13H25NO4S. The molecule has 0 fully saturated rings. The first kappa shape index (κ1) is 18.1. The number of amides is 1. The lowest BCUT2D eigenvalue weighted by Gasteiger charge is -2.29. The number of rotatable bonds is 6. The molecule has 0 rings (SSSR count). The fourth-order valence-electron chi connectivity index (χ4n) is 1.68. The topological polar surface area (TPSA) is 75.6 Å². The van der Waals surface area contributed by atoms with Crippen LogP contribution in [0.15, 0.2) is 0 Å². The first-order chi connectivity index (χ1) is 8.58. The van der Waals surface area contributed by atoms with Gasteiger partial charge in [-0.05, 0) is 32.9 Å². The van der Waals surface area contributed by atoms with Gasteiger partial charge in [-0.1, -0.05) is 13.8 Å². The molecule has 0 spiro atoms. The number of carbonyl (C=O) groups is 2. The molecule has 0 radical (unpaired) electrons. The van der Waals surface area contributed by atoms with Gasteiger partial charge in [-0.3, -0.25) is 4.79 Å². The molecule has 0 aliphatic rings. The predicted molar refractivity (Wildman–Crippen MR) is 77.5 cm³/mol. The number of aliphatic carboxylic acids is 1. The fourth-order valence-corrected chi connectivity index (χ4v) is 2.39. The minimum Gasteiger partial charge on any atom is -0.481 e. The molecule has 0 aliphatic carbocycles. The molecule has 19 heavy (non-hydrogen) atoms. The number of thioether (sulfide) groups is 1. The highest BCUT2D eigenvalue weighted by Crippen LogP contribution is 2.18. The highest BCUT2D eigenvalue weighted by Gasteiger charge is 2.32. The molecule has 112 valence electrons. The van der Waals surface area contributed by atoms with E-state index in [1.807, 2.05) is 20.1 Å². The summed E-state index contributed by atoms with van der Waals surface area (Å²) in [4.78, 5) is 23.1. The molecule has 0 saturated carbocycles. The third kappa shape index (κ3) is 7.30. The average Bonchev–Trinajstić information content (AvgIpc) is 2.19. The number of carbonyl (C=O) groups excluding carboxylic acids is 1. The van der Waals surface area contributed by atoms with Gasteiger partial charge in [0.15, 0.2) is 0 Å². The van der Waals surface area contributed by atoms with Gasteiger partial charge in [0.05, 0.1) is 5.92 Å². The van der Waals surface area contributed by atoms with Crippen LogP contribution in [0, 0.1) is 11.8 Å². The lowest BCUT2D eigenvalue weighted by molar-refractivity contribution is -0.142. The van der Waals surface area contributed by atoms with E-state index in [1.54, 1.807) is 20.8 Å². The van der Waals surface area contributed by atoms with E-state index in [0.717, 1.165) is 0 Å². The van der Waals surface area contributed by atoms with Gasteiger partial charge in [0.2, 0.25) is 0 Å². The van der Waals surface area contributed by atoms with Crippen molar-refractivity contribution in [3.63, 3.8) is 0 Å². The molecule has 2 atom stereocenters. The van der Waals surface area contributed by atoms with Crippen molar-refractivity contribution in [3.05, 3.63) is 0 Å². The van der Waals surface area contributed by atoms with Crippen LogP contribution in [-0.2, 0) is 9.53 Å². The normalized spacial score (nSPS) is 14.9. The summed E-state index contributed by atoms with van der Waals surface area (Å²) in [5.41, 5.74) is -0.593. The van der Waals surface area contributed by atoms with Crippen molar-refractivity contribution in [2.75, 3.05) is 12.0 Å². The minimum atomic E-state index is -0.899. The second-order valence-electron chi connectivity index (χ2n) is 5.82. The lowest BCUT2D eigenvalue weighted by atomic mass is 9.92. The Hall–Kier alpha value is -0.910. The number of hydrogen-bond donors (Lipinski definition) is 2. The van der Waals surface area contributed by atoms with Gasteiger partial charge in [-0.25, -0.2) is 4.79 Å². The maximum atomic E-state index is 11.8. The molecule has 0 aromatic carbocycles. The Morgan fingerprint density at radius 1 is 1.32 bits per heavy atom. The van der Waals surface area contributed by atoms with Crippen LogP contribution in [0.5, 0.6) is 0 Å². The maximum absolute atomic E-state index is 11.8. The Kier molecular flexibility index (Phi) is 7.26. The van der Waals surface area contributed by atoms with E-state index in [1.165, 1.54) is 11.8 Å². The molecule has 0 aromatic rings. The van der Waals surface area contributed by atoms with Gasteiger partial charge >= 0.3 is 12.1 Å². The van der Waals surface area contributed by atoms with Crippen LogP contribution in [0.25, 0.3) is 0 Å². The van der Waals surface area contributed by atoms with E-state index in [4.69, 9.17) is 4.74 Å². The van der Waals surface area contributed by atoms with Crippen LogP contribution in [0.2, 0.25) is 0 Å². The number of alkyl carbamates (subject to hydrolysis) is 1. The molecule has 2 unspecified atom stereocenters. The van der Waals surface area contributed by atoms with Crippen LogP contribution >= 0.6 is 11.8 Å². The fraction of sp³-hybridized carbons (Fsp3) is 0.846. The molecular weight excluding hydrogens is 266 g/mol. The highest BCUT2D eigenvalue weighted by molar-refractivity contribution is 7.98. The maximum Gasteiger partial charge on any atom is 0.407 e. The van der Waals surface area contributed by atoms with Crippen LogP contribution in [0.3, 0.4) is 0 Å². The van der Waals surface area contributed by atoms with Crippen molar-refractivity contribution in [2.24, 2.45) is 11.8 Å². The van der Waals surface area contributed by atoms with E-state index in [2.05, 4.69) is 5.32 Å². The van der Waals surface area contributed by atoms with Crippen molar-refractivity contribution >= 4 is 23.8 Å².